The van der Waals surface area contributed by atoms with Gasteiger partial charge in [-0.15, -0.1) is 0 Å². The Labute approximate surface area is 183 Å². The Morgan fingerprint density at radius 3 is 2.77 bits per heavy atom. The molecule has 2 aromatic rings. The fourth-order valence-corrected chi connectivity index (χ4v) is 3.21. The van der Waals surface area contributed by atoms with Crippen LogP contribution in [-0.2, 0) is 14.2 Å². The number of carbonyl (C=O) groups excluding carboxylic acids is 1. The molecule has 0 bridgehead atoms. The molecule has 4 atom stereocenters. The van der Waals surface area contributed by atoms with Crippen molar-refractivity contribution in [2.45, 2.75) is 70.7 Å². The summed E-state index contributed by atoms with van der Waals surface area (Å²) in [6.45, 7) is 6.82. The smallest absolute Gasteiger partial charge is 0.476 e. The van der Waals surface area contributed by atoms with Crippen LogP contribution in [0, 0.1) is 0 Å². The fourth-order valence-electron chi connectivity index (χ4n) is 3.06. The van der Waals surface area contributed by atoms with Gasteiger partial charge in [0.15, 0.2) is 29.7 Å². The van der Waals surface area contributed by atoms with E-state index in [1.807, 2.05) is 6.92 Å². The molecule has 12 heteroatoms. The molecule has 3 heterocycles. The highest BCUT2D eigenvalue weighted by Gasteiger charge is 2.49. The maximum absolute atomic E-state index is 15.3. The van der Waals surface area contributed by atoms with E-state index in [0.717, 1.165) is 12.8 Å². The van der Waals surface area contributed by atoms with Crippen molar-refractivity contribution in [2.24, 2.45) is 0 Å². The van der Waals surface area contributed by atoms with Crippen LogP contribution in [0.25, 0.3) is 11.2 Å². The first kappa shape index (κ1) is 23.4. The Morgan fingerprint density at radius 2 is 2.13 bits per heavy atom. The average molecular weight is 461 g/mol. The molecule has 0 aliphatic carbocycles. The molecule has 3 rings (SSSR count). The number of fused-ring (bicyclic) bond motifs is 1. The third-order valence-electron chi connectivity index (χ3n) is 4.44. The minimum Gasteiger partial charge on any atom is -0.476 e. The van der Waals surface area contributed by atoms with Gasteiger partial charge in [-0.05, 0) is 38.8 Å². The lowest BCUT2D eigenvalue weighted by atomic mass is 10.1. The van der Waals surface area contributed by atoms with Gasteiger partial charge in [-0.2, -0.15) is 9.97 Å². The van der Waals surface area contributed by atoms with E-state index in [1.54, 1.807) is 20.8 Å². The van der Waals surface area contributed by atoms with Crippen molar-refractivity contribution in [1.29, 1.82) is 0 Å². The number of hydrogen-bond acceptors (Lipinski definition) is 9. The molecule has 1 fully saturated rings. The number of hydrogen-bond donors (Lipinski definition) is 1. The minimum absolute atomic E-state index is 0.102. The second-order valence-electron chi connectivity index (χ2n) is 8.06. The molecule has 31 heavy (non-hydrogen) atoms. The van der Waals surface area contributed by atoms with Crippen LogP contribution < -0.4 is 4.74 Å². The van der Waals surface area contributed by atoms with Crippen molar-refractivity contribution >= 4 is 28.9 Å². The molecule has 0 amide bonds. The van der Waals surface area contributed by atoms with Gasteiger partial charge >= 0.3 is 6.16 Å². The van der Waals surface area contributed by atoms with Gasteiger partial charge in [0, 0.05) is 0 Å². The van der Waals surface area contributed by atoms with E-state index in [2.05, 4.69) is 15.0 Å². The summed E-state index contributed by atoms with van der Waals surface area (Å²) in [6, 6.07) is 0. The van der Waals surface area contributed by atoms with Crippen LogP contribution in [0.4, 0.5) is 9.18 Å². The van der Waals surface area contributed by atoms with Crippen LogP contribution in [-0.4, -0.2) is 68.0 Å². The van der Waals surface area contributed by atoms with E-state index < -0.39 is 43.0 Å². The summed E-state index contributed by atoms with van der Waals surface area (Å²) in [5, 5.41) is 9.52. The van der Waals surface area contributed by atoms with E-state index in [1.165, 1.54) is 10.9 Å². The number of unbranched alkanes of at least 4 members (excludes halogenated alkanes) is 1. The van der Waals surface area contributed by atoms with Crippen LogP contribution in [0.1, 0.15) is 46.8 Å². The van der Waals surface area contributed by atoms with Gasteiger partial charge in [0.05, 0.1) is 19.5 Å². The molecule has 2 aromatic heterocycles. The van der Waals surface area contributed by atoms with Crippen molar-refractivity contribution in [3.63, 3.8) is 0 Å². The number of rotatable bonds is 7. The number of alkyl halides is 1. The highest BCUT2D eigenvalue weighted by molar-refractivity contribution is 6.28. The molecule has 4 unspecified atom stereocenters. The molecule has 0 saturated carbocycles. The number of nitrogens with zero attached hydrogens (tertiary/aromatic N) is 4. The van der Waals surface area contributed by atoms with E-state index in [9.17, 15) is 9.90 Å². The monoisotopic (exact) mass is 460 g/mol. The van der Waals surface area contributed by atoms with E-state index in [0.29, 0.717) is 6.61 Å². The van der Waals surface area contributed by atoms with Crippen LogP contribution >= 0.6 is 11.6 Å². The summed E-state index contributed by atoms with van der Waals surface area (Å²) >= 11 is 6.02. The number of aliphatic hydroxyl groups is 1. The molecule has 10 nitrogen and oxygen atoms in total. The summed E-state index contributed by atoms with van der Waals surface area (Å²) in [4.78, 5) is 24.4. The van der Waals surface area contributed by atoms with Crippen molar-refractivity contribution in [1.82, 2.24) is 19.5 Å². The largest absolute Gasteiger partial charge is 0.509 e. The molecule has 1 aliphatic heterocycles. The second kappa shape index (κ2) is 9.49. The highest BCUT2D eigenvalue weighted by atomic mass is 35.5. The Kier molecular flexibility index (Phi) is 7.17. The molecule has 0 aromatic carbocycles. The lowest BCUT2D eigenvalue weighted by molar-refractivity contribution is -0.0682. The topological polar surface area (TPSA) is 118 Å². The Bertz CT molecular complexity index is 921. The summed E-state index contributed by atoms with van der Waals surface area (Å²) < 4.78 is 38.1. The predicted molar refractivity (Wildman–Crippen MR) is 108 cm³/mol. The molecular weight excluding hydrogens is 435 g/mol. The van der Waals surface area contributed by atoms with Crippen LogP contribution in [0.3, 0.4) is 0 Å². The zero-order valence-corrected chi connectivity index (χ0v) is 18.5. The summed E-state index contributed by atoms with van der Waals surface area (Å²) in [6.07, 6.45) is -3.62. The maximum atomic E-state index is 15.3. The van der Waals surface area contributed by atoms with Crippen molar-refractivity contribution in [2.75, 3.05) is 13.2 Å². The number of carbonyl (C=O) groups is 1. The zero-order chi connectivity index (χ0) is 22.8. The maximum Gasteiger partial charge on any atom is 0.509 e. The van der Waals surface area contributed by atoms with Gasteiger partial charge in [0.2, 0.25) is 11.2 Å². The molecule has 172 valence electrons. The Hall–Kier alpha value is -2.24. The van der Waals surface area contributed by atoms with Gasteiger partial charge in [-0.25, -0.2) is 14.2 Å². The van der Waals surface area contributed by atoms with Gasteiger partial charge < -0.3 is 24.1 Å². The Morgan fingerprint density at radius 1 is 1.39 bits per heavy atom. The molecule has 0 spiro atoms. The first-order valence-electron chi connectivity index (χ1n) is 9.97. The van der Waals surface area contributed by atoms with Crippen molar-refractivity contribution < 1.29 is 33.2 Å². The van der Waals surface area contributed by atoms with Gasteiger partial charge in [0.1, 0.15) is 11.7 Å². The van der Waals surface area contributed by atoms with Crippen LogP contribution in [0.5, 0.6) is 5.88 Å². The molecular formula is C19H26ClFN4O6. The number of aromatic nitrogens is 4. The second-order valence-corrected chi connectivity index (χ2v) is 8.40. The van der Waals surface area contributed by atoms with Crippen LogP contribution in [0.15, 0.2) is 6.33 Å². The first-order valence-corrected chi connectivity index (χ1v) is 10.3. The number of imidazole rings is 1. The van der Waals surface area contributed by atoms with Crippen LogP contribution in [0.2, 0.25) is 5.28 Å². The van der Waals surface area contributed by atoms with E-state index in [4.69, 9.17) is 30.5 Å². The predicted octanol–water partition coefficient (Wildman–Crippen LogP) is 3.21. The lowest BCUT2D eigenvalue weighted by Gasteiger charge is -2.23. The molecule has 1 aliphatic rings. The Balaban J connectivity index is 1.86. The quantitative estimate of drug-likeness (QED) is 0.377. The van der Waals surface area contributed by atoms with E-state index in [-0.39, 0.29) is 22.3 Å². The lowest BCUT2D eigenvalue weighted by Crippen LogP contribution is -2.37. The van der Waals surface area contributed by atoms with E-state index >= 15 is 4.39 Å². The molecule has 0 radical (unpaired) electrons. The molecule has 1 saturated heterocycles. The SMILES string of the molecule is CCCCOc1nc(Cl)nc2c1ncn2C1OC(CO)C(OC(=O)OC(C)(C)C)C1F. The average Bonchev–Trinajstić information content (AvgIpc) is 3.22. The third-order valence-corrected chi connectivity index (χ3v) is 4.61. The summed E-state index contributed by atoms with van der Waals surface area (Å²) in [5.74, 6) is 0.177. The summed E-state index contributed by atoms with van der Waals surface area (Å²) in [5.41, 5.74) is -0.346. The molecule has 1 N–H and O–H groups in total. The fraction of sp³-hybridized carbons (Fsp3) is 0.684. The third kappa shape index (κ3) is 5.34. The van der Waals surface area contributed by atoms with Crippen molar-refractivity contribution in [3.05, 3.63) is 11.6 Å². The first-order chi connectivity index (χ1) is 14.6. The summed E-state index contributed by atoms with van der Waals surface area (Å²) in [7, 11) is 0. The normalized spacial score (nSPS) is 23.8. The highest BCUT2D eigenvalue weighted by Crippen LogP contribution is 2.36. The number of halogens is 2. The van der Waals surface area contributed by atoms with Crippen molar-refractivity contribution in [3.8, 4) is 5.88 Å². The zero-order valence-electron chi connectivity index (χ0n) is 17.7. The standard InChI is InChI=1S/C19H26ClFN4O6/c1-5-6-7-28-15-12-14(23-17(20)24-15)25(9-22-12)16-11(21)13(10(8-26)29-16)30-18(27)31-19(2,3)4/h9-11,13,16,26H,5-8H2,1-4H3. The van der Waals surface area contributed by atoms with Gasteiger partial charge in [-0.1, -0.05) is 13.3 Å². The van der Waals surface area contributed by atoms with Gasteiger partial charge in [-0.3, -0.25) is 4.57 Å². The van der Waals surface area contributed by atoms with Gasteiger partial charge in [0.25, 0.3) is 0 Å². The number of ether oxygens (including phenoxy) is 4. The minimum atomic E-state index is -1.83. The number of aliphatic hydroxyl groups excluding tert-OH is 1.